The Morgan fingerprint density at radius 3 is 2.40 bits per heavy atom. The Bertz CT molecular complexity index is 531. The van der Waals surface area contributed by atoms with Crippen LogP contribution in [0, 0.1) is 0 Å². The van der Waals surface area contributed by atoms with E-state index in [0.717, 1.165) is 22.5 Å². The van der Waals surface area contributed by atoms with Crippen LogP contribution in [0.5, 0.6) is 17.2 Å². The summed E-state index contributed by atoms with van der Waals surface area (Å²) in [4.78, 5) is 4.23. The van der Waals surface area contributed by atoms with Gasteiger partial charge in [0.05, 0.1) is 19.0 Å². The van der Waals surface area contributed by atoms with Crippen molar-refractivity contribution < 1.29 is 14.2 Å². The molecule has 0 spiro atoms. The second-order valence-corrected chi connectivity index (χ2v) is 4.53. The summed E-state index contributed by atoms with van der Waals surface area (Å²) in [5.74, 6) is 2.17. The van der Waals surface area contributed by atoms with E-state index in [-0.39, 0.29) is 0 Å². The highest BCUT2D eigenvalue weighted by Gasteiger charge is 2.02. The summed E-state index contributed by atoms with van der Waals surface area (Å²) in [5.41, 5.74) is 0.975. The molecular weight excluding hydrogens is 322 g/mol. The van der Waals surface area contributed by atoms with Crippen molar-refractivity contribution in [3.05, 3.63) is 48.3 Å². The zero-order valence-corrected chi connectivity index (χ0v) is 12.8. The molecule has 0 atom stereocenters. The van der Waals surface area contributed by atoms with Gasteiger partial charge in [-0.1, -0.05) is 28.1 Å². The molecule has 0 radical (unpaired) electrons. The summed E-state index contributed by atoms with van der Waals surface area (Å²) in [7, 11) is 1.62. The van der Waals surface area contributed by atoms with Gasteiger partial charge in [0.25, 0.3) is 0 Å². The number of pyridine rings is 1. The van der Waals surface area contributed by atoms with E-state index in [1.807, 2.05) is 36.4 Å². The summed E-state index contributed by atoms with van der Waals surface area (Å²) in [5, 5.41) is 0.740. The van der Waals surface area contributed by atoms with E-state index in [1.54, 1.807) is 13.3 Å². The highest BCUT2D eigenvalue weighted by molar-refractivity contribution is 9.08. The number of halogens is 1. The molecule has 0 N–H and O–H groups in total. The predicted molar refractivity (Wildman–Crippen MR) is 80.9 cm³/mol. The number of hydrogen-bond acceptors (Lipinski definition) is 4. The van der Waals surface area contributed by atoms with E-state index in [9.17, 15) is 0 Å². The number of hydrogen-bond donors (Lipinski definition) is 0. The van der Waals surface area contributed by atoms with Gasteiger partial charge in [0, 0.05) is 5.33 Å². The molecule has 1 aromatic carbocycles. The van der Waals surface area contributed by atoms with Crippen molar-refractivity contribution in [3.63, 3.8) is 0 Å². The summed E-state index contributed by atoms with van der Waals surface area (Å²) in [6, 6.07) is 11.4. The van der Waals surface area contributed by atoms with Crippen LogP contribution in [0.2, 0.25) is 0 Å². The van der Waals surface area contributed by atoms with Crippen LogP contribution in [0.15, 0.2) is 42.6 Å². The zero-order valence-electron chi connectivity index (χ0n) is 11.2. The van der Waals surface area contributed by atoms with Gasteiger partial charge in [-0.3, -0.25) is 4.98 Å². The van der Waals surface area contributed by atoms with Crippen molar-refractivity contribution in [1.82, 2.24) is 4.98 Å². The van der Waals surface area contributed by atoms with E-state index in [2.05, 4.69) is 20.9 Å². The summed E-state index contributed by atoms with van der Waals surface area (Å²) < 4.78 is 16.4. The molecule has 0 aliphatic carbocycles. The van der Waals surface area contributed by atoms with Crippen molar-refractivity contribution in [2.24, 2.45) is 0 Å². The van der Waals surface area contributed by atoms with Gasteiger partial charge in [-0.2, -0.15) is 0 Å². The van der Waals surface area contributed by atoms with Crippen LogP contribution in [0.3, 0.4) is 0 Å². The third-order valence-electron chi connectivity index (χ3n) is 2.61. The number of aromatic nitrogens is 1. The molecular formula is C15H16BrNO3. The molecule has 0 saturated heterocycles. The first-order valence-electron chi connectivity index (χ1n) is 6.23. The normalized spacial score (nSPS) is 10.1. The van der Waals surface area contributed by atoms with Crippen LogP contribution in [0.25, 0.3) is 0 Å². The van der Waals surface area contributed by atoms with Crippen molar-refractivity contribution in [2.45, 2.75) is 5.33 Å². The molecule has 0 amide bonds. The number of ether oxygens (including phenoxy) is 3. The molecule has 0 saturated carbocycles. The highest BCUT2D eigenvalue weighted by Crippen LogP contribution is 2.25. The van der Waals surface area contributed by atoms with Crippen LogP contribution in [-0.2, 0) is 5.33 Å². The van der Waals surface area contributed by atoms with Gasteiger partial charge in [0.2, 0.25) is 0 Å². The molecule has 20 heavy (non-hydrogen) atoms. The number of rotatable bonds is 7. The zero-order chi connectivity index (χ0) is 14.2. The maximum atomic E-state index is 5.62. The Labute approximate surface area is 126 Å². The third kappa shape index (κ3) is 4.13. The van der Waals surface area contributed by atoms with Crippen LogP contribution in [0.1, 0.15) is 5.69 Å². The molecule has 0 aliphatic heterocycles. The standard InChI is InChI=1S/C15H16BrNO3/c1-18-14-4-2-3-5-15(14)20-9-8-19-13-7-6-12(10-16)17-11-13/h2-7,11H,8-10H2,1H3. The molecule has 0 fully saturated rings. The van der Waals surface area contributed by atoms with Gasteiger partial charge in [-0.25, -0.2) is 0 Å². The Balaban J connectivity index is 1.78. The molecule has 4 nitrogen and oxygen atoms in total. The number of nitrogens with zero attached hydrogens (tertiary/aromatic N) is 1. The molecule has 2 aromatic rings. The molecule has 0 unspecified atom stereocenters. The molecule has 0 bridgehead atoms. The van der Waals surface area contributed by atoms with Crippen LogP contribution in [-0.4, -0.2) is 25.3 Å². The Hall–Kier alpha value is -1.75. The number of benzene rings is 1. The number of methoxy groups -OCH3 is 1. The topological polar surface area (TPSA) is 40.6 Å². The summed E-state index contributed by atoms with van der Waals surface area (Å²) in [6.07, 6.45) is 1.71. The smallest absolute Gasteiger partial charge is 0.161 e. The predicted octanol–water partition coefficient (Wildman–Crippen LogP) is 3.44. The van der Waals surface area contributed by atoms with Gasteiger partial charge >= 0.3 is 0 Å². The van der Waals surface area contributed by atoms with E-state index < -0.39 is 0 Å². The number of para-hydroxylation sites is 2. The van der Waals surface area contributed by atoms with Crippen LogP contribution in [0.4, 0.5) is 0 Å². The molecule has 0 aliphatic rings. The van der Waals surface area contributed by atoms with Crippen molar-refractivity contribution >= 4 is 15.9 Å². The fourth-order valence-corrected chi connectivity index (χ4v) is 1.96. The molecule has 106 valence electrons. The summed E-state index contributed by atoms with van der Waals surface area (Å²) >= 11 is 3.35. The third-order valence-corrected chi connectivity index (χ3v) is 3.19. The second kappa shape index (κ2) is 7.75. The molecule has 1 aromatic heterocycles. The first-order valence-corrected chi connectivity index (χ1v) is 7.35. The SMILES string of the molecule is COc1ccccc1OCCOc1ccc(CBr)nc1. The first-order chi connectivity index (χ1) is 9.83. The van der Waals surface area contributed by atoms with Crippen LogP contribution < -0.4 is 14.2 Å². The minimum absolute atomic E-state index is 0.445. The maximum Gasteiger partial charge on any atom is 0.161 e. The lowest BCUT2D eigenvalue weighted by molar-refractivity contribution is 0.211. The largest absolute Gasteiger partial charge is 0.493 e. The molecule has 2 rings (SSSR count). The summed E-state index contributed by atoms with van der Waals surface area (Å²) in [6.45, 7) is 0.897. The average Bonchev–Trinajstić information content (AvgIpc) is 2.52. The molecule has 1 heterocycles. The van der Waals surface area contributed by atoms with Gasteiger partial charge < -0.3 is 14.2 Å². The van der Waals surface area contributed by atoms with Crippen molar-refractivity contribution in [2.75, 3.05) is 20.3 Å². The minimum Gasteiger partial charge on any atom is -0.493 e. The highest BCUT2D eigenvalue weighted by atomic mass is 79.9. The van der Waals surface area contributed by atoms with Crippen molar-refractivity contribution in [1.29, 1.82) is 0 Å². The quantitative estimate of drug-likeness (QED) is 0.573. The lowest BCUT2D eigenvalue weighted by Crippen LogP contribution is -2.09. The Kier molecular flexibility index (Phi) is 5.68. The van der Waals surface area contributed by atoms with E-state index >= 15 is 0 Å². The second-order valence-electron chi connectivity index (χ2n) is 3.97. The first kappa shape index (κ1) is 14.7. The fraction of sp³-hybridized carbons (Fsp3) is 0.267. The van der Waals surface area contributed by atoms with Gasteiger partial charge in [0.1, 0.15) is 19.0 Å². The fourth-order valence-electron chi connectivity index (χ4n) is 1.62. The molecule has 5 heteroatoms. The monoisotopic (exact) mass is 337 g/mol. The maximum absolute atomic E-state index is 5.62. The lowest BCUT2D eigenvalue weighted by Gasteiger charge is -2.11. The van der Waals surface area contributed by atoms with E-state index in [0.29, 0.717) is 19.0 Å². The van der Waals surface area contributed by atoms with Gasteiger partial charge in [-0.15, -0.1) is 0 Å². The van der Waals surface area contributed by atoms with Gasteiger partial charge in [-0.05, 0) is 24.3 Å². The van der Waals surface area contributed by atoms with Crippen molar-refractivity contribution in [3.8, 4) is 17.2 Å². The number of alkyl halides is 1. The minimum atomic E-state index is 0.445. The average molecular weight is 338 g/mol. The Morgan fingerprint density at radius 2 is 1.75 bits per heavy atom. The van der Waals surface area contributed by atoms with E-state index in [1.165, 1.54) is 0 Å². The van der Waals surface area contributed by atoms with Crippen LogP contribution >= 0.6 is 15.9 Å². The van der Waals surface area contributed by atoms with Gasteiger partial charge in [0.15, 0.2) is 11.5 Å². The lowest BCUT2D eigenvalue weighted by atomic mass is 10.3. The Morgan fingerprint density at radius 1 is 1.00 bits per heavy atom. The van der Waals surface area contributed by atoms with E-state index in [4.69, 9.17) is 14.2 Å².